The van der Waals surface area contributed by atoms with E-state index in [0.29, 0.717) is 13.0 Å². The number of aryl methyl sites for hydroxylation is 1. The van der Waals surface area contributed by atoms with Gasteiger partial charge >= 0.3 is 6.09 Å². The summed E-state index contributed by atoms with van der Waals surface area (Å²) in [5, 5.41) is 1.01. The molecule has 7 heteroatoms. The molecule has 2 aromatic heterocycles. The molecule has 3 rings (SSSR count). The van der Waals surface area contributed by atoms with Crippen molar-refractivity contribution in [3.63, 3.8) is 0 Å². The minimum absolute atomic E-state index is 0.0365. The van der Waals surface area contributed by atoms with Crippen LogP contribution < -0.4 is 0 Å². The average Bonchev–Trinajstić information content (AvgIpc) is 2.82. The molecule has 1 aliphatic rings. The van der Waals surface area contributed by atoms with Crippen molar-refractivity contribution in [2.45, 2.75) is 51.9 Å². The molecule has 5 nitrogen and oxygen atoms in total. The summed E-state index contributed by atoms with van der Waals surface area (Å²) in [6, 6.07) is 1.67. The third kappa shape index (κ3) is 3.81. The van der Waals surface area contributed by atoms with Crippen molar-refractivity contribution in [1.82, 2.24) is 14.5 Å². The number of hydrogen-bond donors (Lipinski definition) is 0. The summed E-state index contributed by atoms with van der Waals surface area (Å²) in [4.78, 5) is 18.1. The summed E-state index contributed by atoms with van der Waals surface area (Å²) < 4.78 is 23.0. The van der Waals surface area contributed by atoms with Gasteiger partial charge in [-0.2, -0.15) is 0 Å². The molecule has 1 aliphatic heterocycles. The van der Waals surface area contributed by atoms with Gasteiger partial charge in [0.1, 0.15) is 17.4 Å². The number of aromatic nitrogens is 2. The minimum atomic E-state index is -1.17. The first-order valence-electron chi connectivity index (χ1n) is 8.40. The topological polar surface area (TPSA) is 47.4 Å². The van der Waals surface area contributed by atoms with Gasteiger partial charge in [-0.15, -0.1) is 0 Å². The fraction of sp³-hybridized carbons (Fsp3) is 0.556. The van der Waals surface area contributed by atoms with Gasteiger partial charge in [-0.3, -0.25) is 0 Å². The van der Waals surface area contributed by atoms with Crippen LogP contribution in [0, 0.1) is 6.92 Å². The van der Waals surface area contributed by atoms with Gasteiger partial charge in [0.15, 0.2) is 0 Å². The van der Waals surface area contributed by atoms with Crippen molar-refractivity contribution >= 4 is 33.1 Å². The summed E-state index contributed by atoms with van der Waals surface area (Å²) in [6.07, 6.45) is 2.58. The molecular weight excluding hydrogens is 389 g/mol. The first-order chi connectivity index (χ1) is 11.7. The Morgan fingerprint density at radius 1 is 1.44 bits per heavy atom. The molecule has 0 spiro atoms. The molecular formula is C18H23BrFN3O2. The van der Waals surface area contributed by atoms with E-state index in [4.69, 9.17) is 4.74 Å². The standard InChI is InChI=1S/C18H23BrFN3O2/c1-11-9-23(16-13(11)7-12(19)8-21-16)15-5-6-22(10-14(15)20)17(24)25-18(2,3)4/h7-9,14-15H,5-6,10H2,1-4H3/t14-,15+/m1/s1. The molecule has 2 atom stereocenters. The van der Waals surface area contributed by atoms with Crippen LogP contribution in [0.2, 0.25) is 0 Å². The predicted octanol–water partition coefficient (Wildman–Crippen LogP) is 4.63. The number of amides is 1. The summed E-state index contributed by atoms with van der Waals surface area (Å²) >= 11 is 3.43. The molecule has 0 aliphatic carbocycles. The van der Waals surface area contributed by atoms with E-state index in [1.165, 1.54) is 4.90 Å². The van der Waals surface area contributed by atoms with E-state index < -0.39 is 17.9 Å². The van der Waals surface area contributed by atoms with Crippen molar-refractivity contribution in [3.8, 4) is 0 Å². The lowest BCUT2D eigenvalue weighted by Gasteiger charge is -2.36. The number of nitrogens with zero attached hydrogens (tertiary/aromatic N) is 3. The smallest absolute Gasteiger partial charge is 0.410 e. The van der Waals surface area contributed by atoms with Crippen molar-refractivity contribution in [1.29, 1.82) is 0 Å². The molecule has 0 radical (unpaired) electrons. The third-order valence-corrected chi connectivity index (χ3v) is 4.79. The van der Waals surface area contributed by atoms with Crippen LogP contribution in [0.1, 0.15) is 38.8 Å². The Labute approximate surface area is 155 Å². The van der Waals surface area contributed by atoms with Crippen LogP contribution in [0.3, 0.4) is 0 Å². The molecule has 0 unspecified atom stereocenters. The number of carbonyl (C=O) groups excluding carboxylic acids is 1. The van der Waals surface area contributed by atoms with E-state index in [0.717, 1.165) is 21.1 Å². The van der Waals surface area contributed by atoms with Crippen LogP contribution >= 0.6 is 15.9 Å². The fourth-order valence-corrected chi connectivity index (χ4v) is 3.55. The molecule has 0 saturated carbocycles. The molecule has 0 bridgehead atoms. The maximum Gasteiger partial charge on any atom is 0.410 e. The number of alkyl halides is 1. The van der Waals surface area contributed by atoms with E-state index in [9.17, 15) is 9.18 Å². The van der Waals surface area contributed by atoms with Crippen LogP contribution in [0.15, 0.2) is 22.9 Å². The number of fused-ring (bicyclic) bond motifs is 1. The highest BCUT2D eigenvalue weighted by molar-refractivity contribution is 9.10. The van der Waals surface area contributed by atoms with Gasteiger partial charge in [0.2, 0.25) is 0 Å². The second-order valence-corrected chi connectivity index (χ2v) is 8.46. The van der Waals surface area contributed by atoms with Gasteiger partial charge in [0.05, 0.1) is 12.6 Å². The summed E-state index contributed by atoms with van der Waals surface area (Å²) in [5.74, 6) is 0. The number of carbonyl (C=O) groups is 1. The van der Waals surface area contributed by atoms with E-state index in [1.807, 2.05) is 44.5 Å². The first kappa shape index (κ1) is 18.2. The molecule has 1 saturated heterocycles. The highest BCUT2D eigenvalue weighted by Gasteiger charge is 2.35. The van der Waals surface area contributed by atoms with Crippen molar-refractivity contribution in [3.05, 3.63) is 28.5 Å². The molecule has 1 fully saturated rings. The SMILES string of the molecule is Cc1cn([C@H]2CCN(C(=O)OC(C)(C)C)C[C@H]2F)c2ncc(Br)cc12. The number of ether oxygens (including phenoxy) is 1. The van der Waals surface area contributed by atoms with Crippen molar-refractivity contribution in [2.24, 2.45) is 0 Å². The highest BCUT2D eigenvalue weighted by atomic mass is 79.9. The number of rotatable bonds is 1. The first-order valence-corrected chi connectivity index (χ1v) is 9.19. The van der Waals surface area contributed by atoms with E-state index in [2.05, 4.69) is 20.9 Å². The molecule has 3 heterocycles. The highest BCUT2D eigenvalue weighted by Crippen LogP contribution is 2.32. The lowest BCUT2D eigenvalue weighted by atomic mass is 10.0. The van der Waals surface area contributed by atoms with E-state index in [1.54, 1.807) is 6.20 Å². The van der Waals surface area contributed by atoms with Gasteiger partial charge in [-0.1, -0.05) is 0 Å². The number of likely N-dealkylation sites (tertiary alicyclic amines) is 1. The molecule has 2 aromatic rings. The van der Waals surface area contributed by atoms with Gasteiger partial charge < -0.3 is 14.2 Å². The zero-order chi connectivity index (χ0) is 18.4. The third-order valence-electron chi connectivity index (χ3n) is 4.35. The van der Waals surface area contributed by atoms with Gasteiger partial charge in [-0.05, 0) is 61.7 Å². The lowest BCUT2D eigenvalue weighted by Crippen LogP contribution is -2.47. The summed E-state index contributed by atoms with van der Waals surface area (Å²) in [5.41, 5.74) is 1.26. The number of pyridine rings is 1. The molecule has 136 valence electrons. The minimum Gasteiger partial charge on any atom is -0.444 e. The number of halogens is 2. The quantitative estimate of drug-likeness (QED) is 0.687. The van der Waals surface area contributed by atoms with E-state index >= 15 is 0 Å². The zero-order valence-corrected chi connectivity index (χ0v) is 16.5. The van der Waals surface area contributed by atoms with Gasteiger partial charge in [0.25, 0.3) is 0 Å². The number of piperidine rings is 1. The maximum absolute atomic E-state index is 14.9. The van der Waals surface area contributed by atoms with E-state index in [-0.39, 0.29) is 12.6 Å². The molecule has 0 aromatic carbocycles. The second kappa shape index (κ2) is 6.59. The monoisotopic (exact) mass is 411 g/mol. The Morgan fingerprint density at radius 3 is 2.80 bits per heavy atom. The largest absolute Gasteiger partial charge is 0.444 e. The summed E-state index contributed by atoms with van der Waals surface area (Å²) in [6.45, 7) is 7.93. The van der Waals surface area contributed by atoms with Gasteiger partial charge in [0, 0.05) is 28.8 Å². The van der Waals surface area contributed by atoms with Crippen LogP contribution in [0.4, 0.5) is 9.18 Å². The van der Waals surface area contributed by atoms with Crippen LogP contribution in [0.5, 0.6) is 0 Å². The van der Waals surface area contributed by atoms with Crippen LogP contribution in [-0.2, 0) is 4.74 Å². The zero-order valence-electron chi connectivity index (χ0n) is 14.9. The average molecular weight is 412 g/mol. The maximum atomic E-state index is 14.9. The fourth-order valence-electron chi connectivity index (χ4n) is 3.22. The Balaban J connectivity index is 1.79. The van der Waals surface area contributed by atoms with Crippen LogP contribution in [-0.4, -0.2) is 45.4 Å². The molecule has 0 N–H and O–H groups in total. The normalized spacial score (nSPS) is 21.6. The van der Waals surface area contributed by atoms with Crippen molar-refractivity contribution in [2.75, 3.05) is 13.1 Å². The Morgan fingerprint density at radius 2 is 2.16 bits per heavy atom. The second-order valence-electron chi connectivity index (χ2n) is 7.54. The molecule has 1 amide bonds. The Hall–Kier alpha value is -1.63. The van der Waals surface area contributed by atoms with Crippen molar-refractivity contribution < 1.29 is 13.9 Å². The number of hydrogen-bond acceptors (Lipinski definition) is 3. The van der Waals surface area contributed by atoms with Gasteiger partial charge in [-0.25, -0.2) is 14.2 Å². The Kier molecular flexibility index (Phi) is 4.79. The summed E-state index contributed by atoms with van der Waals surface area (Å²) in [7, 11) is 0. The predicted molar refractivity (Wildman–Crippen MR) is 98.5 cm³/mol. The lowest BCUT2D eigenvalue weighted by molar-refractivity contribution is 0.00704. The molecule has 25 heavy (non-hydrogen) atoms. The Bertz CT molecular complexity index is 799. The van der Waals surface area contributed by atoms with Crippen LogP contribution in [0.25, 0.3) is 11.0 Å².